The van der Waals surface area contributed by atoms with Crippen LogP contribution in [0.2, 0.25) is 5.02 Å². The van der Waals surface area contributed by atoms with Crippen LogP contribution in [0.5, 0.6) is 17.2 Å². The van der Waals surface area contributed by atoms with E-state index >= 15 is 0 Å². The fraction of sp³-hybridized carbons (Fsp3) is 0.321. The SMILES string of the molecule is COc1ccc(S(=O)(=O)N(CC(=O)Nc2ccc(N3CCCCC3)cc2)c2cc(Cl)ccc2OC)cc1OC. The number of ether oxygens (including phenoxy) is 3. The Balaban J connectivity index is 1.64. The number of hydrogen-bond acceptors (Lipinski definition) is 7. The van der Waals surface area contributed by atoms with E-state index in [2.05, 4.69) is 10.2 Å². The van der Waals surface area contributed by atoms with E-state index in [-0.39, 0.29) is 27.1 Å². The lowest BCUT2D eigenvalue weighted by Crippen LogP contribution is -2.38. The maximum absolute atomic E-state index is 13.9. The molecule has 0 bridgehead atoms. The minimum Gasteiger partial charge on any atom is -0.495 e. The van der Waals surface area contributed by atoms with Crippen LogP contribution in [-0.4, -0.2) is 55.3 Å². The minimum absolute atomic E-state index is 0.0964. The number of halogens is 1. The number of nitrogens with one attached hydrogen (secondary N) is 1. The number of methoxy groups -OCH3 is 3. The van der Waals surface area contributed by atoms with Crippen LogP contribution in [0.15, 0.2) is 65.6 Å². The zero-order valence-corrected chi connectivity index (χ0v) is 23.7. The molecule has 0 aromatic heterocycles. The quantitative estimate of drug-likeness (QED) is 0.356. The van der Waals surface area contributed by atoms with E-state index in [1.165, 1.54) is 52.0 Å². The molecule has 11 heteroatoms. The topological polar surface area (TPSA) is 97.4 Å². The Kier molecular flexibility index (Phi) is 9.08. The number of piperidine rings is 1. The van der Waals surface area contributed by atoms with Gasteiger partial charge in [0.1, 0.15) is 12.3 Å². The minimum atomic E-state index is -4.28. The normalized spacial score (nSPS) is 13.5. The van der Waals surface area contributed by atoms with Crippen molar-refractivity contribution in [2.75, 3.05) is 55.5 Å². The molecular weight excluding hydrogens is 542 g/mol. The number of anilines is 3. The summed E-state index contributed by atoms with van der Waals surface area (Å²) in [6.45, 7) is 1.49. The molecule has 1 fully saturated rings. The predicted octanol–water partition coefficient (Wildman–Crippen LogP) is 5.19. The van der Waals surface area contributed by atoms with Crippen molar-refractivity contribution >= 4 is 44.6 Å². The van der Waals surface area contributed by atoms with Gasteiger partial charge in [0.2, 0.25) is 5.91 Å². The van der Waals surface area contributed by atoms with Gasteiger partial charge in [-0.2, -0.15) is 0 Å². The predicted molar refractivity (Wildman–Crippen MR) is 153 cm³/mol. The molecule has 1 heterocycles. The Morgan fingerprint density at radius 3 is 2.15 bits per heavy atom. The van der Waals surface area contributed by atoms with E-state index in [1.54, 1.807) is 12.1 Å². The average molecular weight is 574 g/mol. The highest BCUT2D eigenvalue weighted by Crippen LogP contribution is 2.37. The van der Waals surface area contributed by atoms with Crippen LogP contribution in [0.3, 0.4) is 0 Å². The first-order valence-corrected chi connectivity index (χ1v) is 14.3. The zero-order chi connectivity index (χ0) is 28.0. The van der Waals surface area contributed by atoms with Gasteiger partial charge in [-0.25, -0.2) is 8.42 Å². The van der Waals surface area contributed by atoms with Gasteiger partial charge in [0.05, 0.1) is 31.9 Å². The number of rotatable bonds is 10. The average Bonchev–Trinajstić information content (AvgIpc) is 2.96. The summed E-state index contributed by atoms with van der Waals surface area (Å²) < 4.78 is 44.8. The summed E-state index contributed by atoms with van der Waals surface area (Å²) in [5.74, 6) is 0.304. The summed E-state index contributed by atoms with van der Waals surface area (Å²) >= 11 is 6.23. The molecule has 0 atom stereocenters. The summed E-state index contributed by atoms with van der Waals surface area (Å²) in [7, 11) is 0.00622. The van der Waals surface area contributed by atoms with E-state index in [0.29, 0.717) is 11.4 Å². The van der Waals surface area contributed by atoms with Gasteiger partial charge in [-0.3, -0.25) is 9.10 Å². The monoisotopic (exact) mass is 573 g/mol. The van der Waals surface area contributed by atoms with Crippen LogP contribution < -0.4 is 28.7 Å². The zero-order valence-electron chi connectivity index (χ0n) is 22.1. The largest absolute Gasteiger partial charge is 0.495 e. The first-order chi connectivity index (χ1) is 18.8. The number of carbonyl (C=O) groups excluding carboxylic acids is 1. The Morgan fingerprint density at radius 1 is 0.872 bits per heavy atom. The molecule has 39 heavy (non-hydrogen) atoms. The molecule has 4 rings (SSSR count). The van der Waals surface area contributed by atoms with E-state index in [4.69, 9.17) is 25.8 Å². The molecule has 1 amide bonds. The third kappa shape index (κ3) is 6.51. The molecule has 3 aromatic carbocycles. The third-order valence-electron chi connectivity index (χ3n) is 6.51. The highest BCUT2D eigenvalue weighted by molar-refractivity contribution is 7.92. The van der Waals surface area contributed by atoms with Gasteiger partial charge in [-0.05, 0) is 73.9 Å². The van der Waals surface area contributed by atoms with Crippen molar-refractivity contribution in [1.82, 2.24) is 0 Å². The van der Waals surface area contributed by atoms with Gasteiger partial charge in [0, 0.05) is 35.6 Å². The number of benzene rings is 3. The van der Waals surface area contributed by atoms with Crippen molar-refractivity contribution in [2.45, 2.75) is 24.2 Å². The lowest BCUT2D eigenvalue weighted by Gasteiger charge is -2.29. The third-order valence-corrected chi connectivity index (χ3v) is 8.50. The summed E-state index contributed by atoms with van der Waals surface area (Å²) in [5.41, 5.74) is 1.77. The van der Waals surface area contributed by atoms with Gasteiger partial charge in [-0.1, -0.05) is 11.6 Å². The number of hydrogen-bond donors (Lipinski definition) is 1. The fourth-order valence-corrected chi connectivity index (χ4v) is 6.11. The fourth-order valence-electron chi connectivity index (χ4n) is 4.50. The molecule has 9 nitrogen and oxygen atoms in total. The van der Waals surface area contributed by atoms with Crippen LogP contribution in [0.1, 0.15) is 19.3 Å². The van der Waals surface area contributed by atoms with Crippen molar-refractivity contribution in [1.29, 1.82) is 0 Å². The Bertz CT molecular complexity index is 1410. The number of sulfonamides is 1. The van der Waals surface area contributed by atoms with Crippen LogP contribution >= 0.6 is 11.6 Å². The van der Waals surface area contributed by atoms with Gasteiger partial charge >= 0.3 is 0 Å². The number of amides is 1. The van der Waals surface area contributed by atoms with Gasteiger partial charge in [0.25, 0.3) is 10.0 Å². The van der Waals surface area contributed by atoms with E-state index in [0.717, 1.165) is 35.9 Å². The van der Waals surface area contributed by atoms with Crippen LogP contribution in [0.25, 0.3) is 0 Å². The lowest BCUT2D eigenvalue weighted by molar-refractivity contribution is -0.114. The molecule has 0 spiro atoms. The molecule has 0 aliphatic carbocycles. The summed E-state index contributed by atoms with van der Waals surface area (Å²) in [6, 6.07) is 16.3. The van der Waals surface area contributed by atoms with Crippen LogP contribution in [-0.2, 0) is 14.8 Å². The summed E-state index contributed by atoms with van der Waals surface area (Å²) in [5, 5.41) is 3.09. The molecule has 0 unspecified atom stereocenters. The van der Waals surface area contributed by atoms with Crippen molar-refractivity contribution in [3.8, 4) is 17.2 Å². The van der Waals surface area contributed by atoms with E-state index in [1.807, 2.05) is 24.3 Å². The first-order valence-electron chi connectivity index (χ1n) is 12.5. The highest BCUT2D eigenvalue weighted by atomic mass is 35.5. The Labute approximate surface area is 234 Å². The second-order valence-corrected chi connectivity index (χ2v) is 11.3. The van der Waals surface area contributed by atoms with E-state index < -0.39 is 22.5 Å². The molecular formula is C28H32ClN3O6S. The molecule has 3 aromatic rings. The molecule has 0 radical (unpaired) electrons. The van der Waals surface area contributed by atoms with Crippen molar-refractivity contribution in [2.24, 2.45) is 0 Å². The highest BCUT2D eigenvalue weighted by Gasteiger charge is 2.31. The van der Waals surface area contributed by atoms with Gasteiger partial charge in [0.15, 0.2) is 11.5 Å². The first kappa shape index (κ1) is 28.4. The maximum atomic E-state index is 13.9. The van der Waals surface area contributed by atoms with Gasteiger partial charge < -0.3 is 24.4 Å². The number of carbonyl (C=O) groups is 1. The second kappa shape index (κ2) is 12.5. The summed E-state index contributed by atoms with van der Waals surface area (Å²) in [4.78, 5) is 15.4. The van der Waals surface area contributed by atoms with Crippen molar-refractivity contribution in [3.63, 3.8) is 0 Å². The van der Waals surface area contributed by atoms with Crippen molar-refractivity contribution in [3.05, 3.63) is 65.7 Å². The molecule has 1 saturated heterocycles. The van der Waals surface area contributed by atoms with Crippen molar-refractivity contribution < 1.29 is 27.4 Å². The Hall–Kier alpha value is -3.63. The smallest absolute Gasteiger partial charge is 0.265 e. The molecule has 1 aliphatic heterocycles. The Morgan fingerprint density at radius 2 is 1.51 bits per heavy atom. The van der Waals surface area contributed by atoms with Crippen LogP contribution in [0.4, 0.5) is 17.1 Å². The molecule has 0 saturated carbocycles. The molecule has 208 valence electrons. The maximum Gasteiger partial charge on any atom is 0.265 e. The molecule has 1 aliphatic rings. The summed E-state index contributed by atoms with van der Waals surface area (Å²) in [6.07, 6.45) is 3.57. The standard InChI is InChI=1S/C28H32ClN3O6S/c1-36-25-13-7-20(29)17-24(25)32(39(34,35)23-12-14-26(37-2)27(18-23)38-3)19-28(33)30-21-8-10-22(11-9-21)31-15-5-4-6-16-31/h7-14,17-18H,4-6,15-16,19H2,1-3H3,(H,30,33). The van der Waals surface area contributed by atoms with E-state index in [9.17, 15) is 13.2 Å². The van der Waals surface area contributed by atoms with Gasteiger partial charge in [-0.15, -0.1) is 0 Å². The number of nitrogens with zero attached hydrogens (tertiary/aromatic N) is 2. The molecule has 1 N–H and O–H groups in total. The van der Waals surface area contributed by atoms with Crippen LogP contribution in [0, 0.1) is 0 Å². The second-order valence-electron chi connectivity index (χ2n) is 8.99. The lowest BCUT2D eigenvalue weighted by atomic mass is 10.1.